The Morgan fingerprint density at radius 1 is 1.22 bits per heavy atom. The molecule has 0 saturated heterocycles. The third-order valence-electron chi connectivity index (χ3n) is 4.43. The average Bonchev–Trinajstić information content (AvgIpc) is 2.74. The molecule has 1 aliphatic rings. The van der Waals surface area contributed by atoms with Crippen LogP contribution < -0.4 is 5.73 Å². The molecule has 0 radical (unpaired) electrons. The van der Waals surface area contributed by atoms with Crippen molar-refractivity contribution in [3.05, 3.63) is 20.8 Å². The molecule has 1 unspecified atom stereocenters. The zero-order valence-electron chi connectivity index (χ0n) is 11.6. The van der Waals surface area contributed by atoms with E-state index in [4.69, 9.17) is 5.73 Å². The summed E-state index contributed by atoms with van der Waals surface area (Å²) in [6, 6.07) is 4.53. The minimum Gasteiger partial charge on any atom is -0.323 e. The van der Waals surface area contributed by atoms with E-state index < -0.39 is 0 Å². The van der Waals surface area contributed by atoms with Gasteiger partial charge in [0.15, 0.2) is 0 Å². The van der Waals surface area contributed by atoms with E-state index in [0.29, 0.717) is 11.3 Å². The maximum atomic E-state index is 6.43. The monoisotopic (exact) mass is 329 g/mol. The summed E-state index contributed by atoms with van der Waals surface area (Å²) in [6.07, 6.45) is 5.26. The van der Waals surface area contributed by atoms with Crippen molar-refractivity contribution in [2.75, 3.05) is 0 Å². The predicted molar refractivity (Wildman–Crippen MR) is 83.9 cm³/mol. The molecule has 2 N–H and O–H groups in total. The Morgan fingerprint density at radius 2 is 1.83 bits per heavy atom. The van der Waals surface area contributed by atoms with Crippen LogP contribution in [-0.4, -0.2) is 0 Å². The Balaban J connectivity index is 1.94. The van der Waals surface area contributed by atoms with Gasteiger partial charge in [-0.25, -0.2) is 0 Å². The molecule has 0 amide bonds. The first-order chi connectivity index (χ1) is 8.38. The summed E-state index contributed by atoms with van der Waals surface area (Å²) in [4.78, 5) is 1.33. The van der Waals surface area contributed by atoms with Crippen molar-refractivity contribution >= 4 is 27.3 Å². The van der Waals surface area contributed by atoms with Gasteiger partial charge in [-0.05, 0) is 71.0 Å². The first-order valence-corrected chi connectivity index (χ1v) is 8.49. The van der Waals surface area contributed by atoms with Crippen molar-refractivity contribution in [3.8, 4) is 0 Å². The van der Waals surface area contributed by atoms with Crippen LogP contribution in [0.15, 0.2) is 15.9 Å². The second-order valence-electron chi connectivity index (χ2n) is 6.65. The Kier molecular flexibility index (Phi) is 4.56. The van der Waals surface area contributed by atoms with Crippen molar-refractivity contribution in [2.24, 2.45) is 23.0 Å². The van der Waals surface area contributed by atoms with Gasteiger partial charge < -0.3 is 5.73 Å². The molecule has 1 fully saturated rings. The smallest absolute Gasteiger partial charge is 0.0701 e. The molecule has 1 saturated carbocycles. The van der Waals surface area contributed by atoms with Crippen LogP contribution in [0.4, 0.5) is 0 Å². The lowest BCUT2D eigenvalue weighted by molar-refractivity contribution is 0.140. The lowest BCUT2D eigenvalue weighted by Crippen LogP contribution is -2.30. The van der Waals surface area contributed by atoms with Crippen LogP contribution in [0.5, 0.6) is 0 Å². The van der Waals surface area contributed by atoms with Crippen molar-refractivity contribution in [2.45, 2.75) is 52.5 Å². The van der Waals surface area contributed by atoms with Crippen molar-refractivity contribution < 1.29 is 0 Å². The Labute approximate surface area is 123 Å². The summed E-state index contributed by atoms with van der Waals surface area (Å²) in [5.41, 5.74) is 6.89. The lowest BCUT2D eigenvalue weighted by atomic mass is 9.68. The molecule has 0 spiro atoms. The minimum atomic E-state index is 0.238. The number of halogens is 1. The Morgan fingerprint density at radius 3 is 2.28 bits per heavy atom. The second-order valence-corrected chi connectivity index (χ2v) is 9.14. The van der Waals surface area contributed by atoms with Crippen LogP contribution in [0.25, 0.3) is 0 Å². The minimum absolute atomic E-state index is 0.238. The maximum absolute atomic E-state index is 6.43. The summed E-state index contributed by atoms with van der Waals surface area (Å²) >= 11 is 5.31. The van der Waals surface area contributed by atoms with E-state index in [1.165, 1.54) is 34.3 Å². The SMILES string of the molecule is CC(C)(C)C1CCC(C(N)c2ccc(Br)s2)CC1. The van der Waals surface area contributed by atoms with Gasteiger partial charge in [-0.1, -0.05) is 20.8 Å². The van der Waals surface area contributed by atoms with Gasteiger partial charge in [0.25, 0.3) is 0 Å². The van der Waals surface area contributed by atoms with E-state index in [1.807, 2.05) is 0 Å². The van der Waals surface area contributed by atoms with Crippen molar-refractivity contribution in [1.29, 1.82) is 0 Å². The highest BCUT2D eigenvalue weighted by molar-refractivity contribution is 9.11. The fourth-order valence-corrected chi connectivity index (χ4v) is 4.60. The van der Waals surface area contributed by atoms with Gasteiger partial charge in [0.2, 0.25) is 0 Å². The quantitative estimate of drug-likeness (QED) is 0.776. The summed E-state index contributed by atoms with van der Waals surface area (Å²) in [5, 5.41) is 0. The fraction of sp³-hybridized carbons (Fsp3) is 0.733. The molecule has 1 aromatic heterocycles. The molecule has 1 heterocycles. The Bertz CT molecular complexity index is 385. The molecule has 0 aromatic carbocycles. The second kappa shape index (κ2) is 5.64. The number of hydrogen-bond acceptors (Lipinski definition) is 2. The molecule has 0 bridgehead atoms. The molecule has 102 valence electrons. The summed E-state index contributed by atoms with van der Waals surface area (Å²) in [7, 11) is 0. The highest BCUT2D eigenvalue weighted by Gasteiger charge is 2.32. The van der Waals surface area contributed by atoms with Gasteiger partial charge in [-0.2, -0.15) is 0 Å². The number of nitrogens with two attached hydrogens (primary N) is 1. The first-order valence-electron chi connectivity index (χ1n) is 6.88. The zero-order valence-corrected chi connectivity index (χ0v) is 14.0. The van der Waals surface area contributed by atoms with E-state index in [2.05, 4.69) is 48.8 Å². The van der Waals surface area contributed by atoms with E-state index in [9.17, 15) is 0 Å². The van der Waals surface area contributed by atoms with Crippen LogP contribution in [0.3, 0.4) is 0 Å². The van der Waals surface area contributed by atoms with Gasteiger partial charge in [-0.3, -0.25) is 0 Å². The predicted octanol–water partition coefficient (Wildman–Crippen LogP) is 5.36. The van der Waals surface area contributed by atoms with Gasteiger partial charge in [0, 0.05) is 10.9 Å². The van der Waals surface area contributed by atoms with Crippen molar-refractivity contribution in [1.82, 2.24) is 0 Å². The van der Waals surface area contributed by atoms with E-state index in [0.717, 1.165) is 5.92 Å². The fourth-order valence-electron chi connectivity index (χ4n) is 3.08. The van der Waals surface area contributed by atoms with Crippen LogP contribution in [0, 0.1) is 17.3 Å². The van der Waals surface area contributed by atoms with Gasteiger partial charge in [-0.15, -0.1) is 11.3 Å². The molecule has 2 rings (SSSR count). The van der Waals surface area contributed by atoms with Crippen molar-refractivity contribution in [3.63, 3.8) is 0 Å². The summed E-state index contributed by atoms with van der Waals surface area (Å²) in [6.45, 7) is 7.11. The molecular formula is C15H24BrNS. The first kappa shape index (κ1) is 14.5. The normalized spacial score (nSPS) is 27.2. The highest BCUT2D eigenvalue weighted by atomic mass is 79.9. The largest absolute Gasteiger partial charge is 0.323 e. The third kappa shape index (κ3) is 3.37. The van der Waals surface area contributed by atoms with E-state index >= 15 is 0 Å². The van der Waals surface area contributed by atoms with Crippen LogP contribution in [0.1, 0.15) is 57.4 Å². The molecule has 3 heteroatoms. The molecule has 0 aliphatic heterocycles. The van der Waals surface area contributed by atoms with Gasteiger partial charge in [0.1, 0.15) is 0 Å². The van der Waals surface area contributed by atoms with Crippen LogP contribution in [-0.2, 0) is 0 Å². The number of rotatable bonds is 2. The topological polar surface area (TPSA) is 26.0 Å². The number of thiophene rings is 1. The molecular weight excluding hydrogens is 306 g/mol. The summed E-state index contributed by atoms with van der Waals surface area (Å²) in [5.74, 6) is 1.55. The van der Waals surface area contributed by atoms with Gasteiger partial charge in [0.05, 0.1) is 3.79 Å². The molecule has 1 atom stereocenters. The van der Waals surface area contributed by atoms with Crippen LogP contribution in [0.2, 0.25) is 0 Å². The average molecular weight is 330 g/mol. The standard InChI is InChI=1S/C15H24BrNS/c1-15(2,3)11-6-4-10(5-7-11)14(17)12-8-9-13(16)18-12/h8-11,14H,4-7,17H2,1-3H3. The number of hydrogen-bond donors (Lipinski definition) is 1. The van der Waals surface area contributed by atoms with E-state index in [1.54, 1.807) is 11.3 Å². The van der Waals surface area contributed by atoms with Crippen LogP contribution >= 0.6 is 27.3 Å². The molecule has 1 aromatic rings. The molecule has 18 heavy (non-hydrogen) atoms. The molecule has 1 aliphatic carbocycles. The van der Waals surface area contributed by atoms with E-state index in [-0.39, 0.29) is 6.04 Å². The van der Waals surface area contributed by atoms with Gasteiger partial charge >= 0.3 is 0 Å². The highest BCUT2D eigenvalue weighted by Crippen LogP contribution is 2.43. The molecule has 1 nitrogen and oxygen atoms in total. The summed E-state index contributed by atoms with van der Waals surface area (Å²) < 4.78 is 1.19. The maximum Gasteiger partial charge on any atom is 0.0701 e. The third-order valence-corrected chi connectivity index (χ3v) is 6.15. The lowest BCUT2D eigenvalue weighted by Gasteiger charge is -2.38. The Hall–Kier alpha value is 0.140. The zero-order chi connectivity index (χ0) is 13.3.